The van der Waals surface area contributed by atoms with Crippen LogP contribution in [0.1, 0.15) is 13.8 Å². The summed E-state index contributed by atoms with van der Waals surface area (Å²) in [5, 5.41) is 5.95. The summed E-state index contributed by atoms with van der Waals surface area (Å²) in [6.07, 6.45) is -3.46. The standard InChI is InChI=1S/C10H14ClF3N4O/c1-9(2,4-15)17-6-3-16-18(5-10(12,13)14)8(19)7(6)11/h3,17H,4-5,15H2,1-2H3. The van der Waals surface area contributed by atoms with Crippen molar-refractivity contribution in [2.75, 3.05) is 11.9 Å². The van der Waals surface area contributed by atoms with Crippen molar-refractivity contribution in [1.29, 1.82) is 0 Å². The van der Waals surface area contributed by atoms with Gasteiger partial charge >= 0.3 is 6.18 Å². The van der Waals surface area contributed by atoms with Crippen LogP contribution in [-0.2, 0) is 6.54 Å². The van der Waals surface area contributed by atoms with E-state index in [1.807, 2.05) is 0 Å². The average Bonchev–Trinajstić information content (AvgIpc) is 2.27. The average molecular weight is 299 g/mol. The number of hydrogen-bond donors (Lipinski definition) is 2. The lowest BCUT2D eigenvalue weighted by Gasteiger charge is -2.26. The van der Waals surface area contributed by atoms with E-state index in [4.69, 9.17) is 17.3 Å². The van der Waals surface area contributed by atoms with E-state index in [0.29, 0.717) is 0 Å². The van der Waals surface area contributed by atoms with Gasteiger partial charge in [-0.2, -0.15) is 18.3 Å². The van der Waals surface area contributed by atoms with Gasteiger partial charge in [-0.25, -0.2) is 4.68 Å². The van der Waals surface area contributed by atoms with Gasteiger partial charge in [-0.3, -0.25) is 4.79 Å². The molecule has 0 atom stereocenters. The van der Waals surface area contributed by atoms with Gasteiger partial charge in [-0.15, -0.1) is 0 Å². The summed E-state index contributed by atoms with van der Waals surface area (Å²) < 4.78 is 36.9. The predicted octanol–water partition coefficient (Wildman–Crippen LogP) is 1.61. The third kappa shape index (κ3) is 4.39. The Kier molecular flexibility index (Phi) is 4.46. The molecule has 0 saturated carbocycles. The minimum Gasteiger partial charge on any atom is -0.376 e. The fourth-order valence-corrected chi connectivity index (χ4v) is 1.44. The van der Waals surface area contributed by atoms with Crippen molar-refractivity contribution in [2.45, 2.75) is 32.1 Å². The summed E-state index contributed by atoms with van der Waals surface area (Å²) in [5.41, 5.74) is 4.09. The third-order valence-corrected chi connectivity index (χ3v) is 2.66. The molecular formula is C10H14ClF3N4O. The van der Waals surface area contributed by atoms with Crippen LogP contribution in [0.25, 0.3) is 0 Å². The van der Waals surface area contributed by atoms with Crippen molar-refractivity contribution in [1.82, 2.24) is 9.78 Å². The van der Waals surface area contributed by atoms with Crippen molar-refractivity contribution < 1.29 is 13.2 Å². The fourth-order valence-electron chi connectivity index (χ4n) is 1.25. The van der Waals surface area contributed by atoms with Crippen LogP contribution in [0.4, 0.5) is 18.9 Å². The maximum atomic E-state index is 12.2. The minimum atomic E-state index is -4.54. The molecule has 0 unspecified atom stereocenters. The monoisotopic (exact) mass is 298 g/mol. The molecule has 0 fully saturated rings. The molecule has 5 nitrogen and oxygen atoms in total. The van der Waals surface area contributed by atoms with Gasteiger partial charge in [0.2, 0.25) is 0 Å². The maximum absolute atomic E-state index is 12.2. The predicted molar refractivity (Wildman–Crippen MR) is 66.3 cm³/mol. The van der Waals surface area contributed by atoms with Crippen LogP contribution in [0, 0.1) is 0 Å². The largest absolute Gasteiger partial charge is 0.408 e. The number of hydrogen-bond acceptors (Lipinski definition) is 4. The number of aromatic nitrogens is 2. The van der Waals surface area contributed by atoms with Gasteiger partial charge in [0.1, 0.15) is 11.6 Å². The molecule has 1 heterocycles. The van der Waals surface area contributed by atoms with Gasteiger partial charge in [0.05, 0.1) is 11.9 Å². The zero-order chi connectivity index (χ0) is 14.8. The smallest absolute Gasteiger partial charge is 0.376 e. The first-order valence-electron chi connectivity index (χ1n) is 5.36. The lowest BCUT2D eigenvalue weighted by atomic mass is 10.1. The first kappa shape index (κ1) is 15.8. The molecule has 1 rings (SSSR count). The van der Waals surface area contributed by atoms with Gasteiger partial charge in [0.15, 0.2) is 0 Å². The van der Waals surface area contributed by atoms with Gasteiger partial charge < -0.3 is 11.1 Å². The zero-order valence-corrected chi connectivity index (χ0v) is 11.1. The second-order valence-electron chi connectivity index (χ2n) is 4.66. The Morgan fingerprint density at radius 1 is 1.47 bits per heavy atom. The first-order valence-corrected chi connectivity index (χ1v) is 5.74. The lowest BCUT2D eigenvalue weighted by Crippen LogP contribution is -2.40. The SMILES string of the molecule is CC(C)(CN)Nc1cnn(CC(F)(F)F)c(=O)c1Cl. The Labute approximate surface area is 112 Å². The molecule has 0 radical (unpaired) electrons. The van der Waals surface area contributed by atoms with E-state index in [1.165, 1.54) is 0 Å². The van der Waals surface area contributed by atoms with Crippen molar-refractivity contribution >= 4 is 17.3 Å². The lowest BCUT2D eigenvalue weighted by molar-refractivity contribution is -0.143. The summed E-state index contributed by atoms with van der Waals surface area (Å²) in [6.45, 7) is 2.27. The molecule has 9 heteroatoms. The highest BCUT2D eigenvalue weighted by atomic mass is 35.5. The number of anilines is 1. The number of alkyl halides is 3. The van der Waals surface area contributed by atoms with E-state index in [-0.39, 0.29) is 21.9 Å². The van der Waals surface area contributed by atoms with E-state index in [9.17, 15) is 18.0 Å². The second-order valence-corrected chi connectivity index (χ2v) is 5.04. The van der Waals surface area contributed by atoms with Gasteiger partial charge in [-0.05, 0) is 13.8 Å². The molecule has 1 aromatic rings. The van der Waals surface area contributed by atoms with Crippen LogP contribution >= 0.6 is 11.6 Å². The molecule has 19 heavy (non-hydrogen) atoms. The van der Waals surface area contributed by atoms with E-state index < -0.39 is 23.8 Å². The molecule has 3 N–H and O–H groups in total. The molecule has 0 amide bonds. The number of halogens is 4. The van der Waals surface area contributed by atoms with Gasteiger partial charge in [0.25, 0.3) is 5.56 Å². The number of nitrogens with zero attached hydrogens (tertiary/aromatic N) is 2. The van der Waals surface area contributed by atoms with Crippen molar-refractivity contribution in [3.05, 3.63) is 21.6 Å². The third-order valence-electron chi connectivity index (χ3n) is 2.30. The maximum Gasteiger partial charge on any atom is 0.408 e. The fraction of sp³-hybridized carbons (Fsp3) is 0.600. The van der Waals surface area contributed by atoms with Crippen molar-refractivity contribution in [2.24, 2.45) is 5.73 Å². The van der Waals surface area contributed by atoms with E-state index in [0.717, 1.165) is 6.20 Å². The Morgan fingerprint density at radius 3 is 2.53 bits per heavy atom. The molecule has 0 spiro atoms. The Balaban J connectivity index is 3.09. The van der Waals surface area contributed by atoms with E-state index >= 15 is 0 Å². The quantitative estimate of drug-likeness (QED) is 0.886. The minimum absolute atomic E-state index is 0.153. The highest BCUT2D eigenvalue weighted by molar-refractivity contribution is 6.32. The number of rotatable bonds is 4. The highest BCUT2D eigenvalue weighted by Gasteiger charge is 2.30. The topological polar surface area (TPSA) is 72.9 Å². The molecule has 0 saturated heterocycles. The van der Waals surface area contributed by atoms with E-state index in [1.54, 1.807) is 13.8 Å². The summed E-state index contributed by atoms with van der Waals surface area (Å²) >= 11 is 5.75. The number of nitrogens with two attached hydrogens (primary N) is 1. The van der Waals surface area contributed by atoms with Gasteiger partial charge in [0, 0.05) is 12.1 Å². The molecular weight excluding hydrogens is 285 g/mol. The molecule has 0 aliphatic rings. The molecule has 0 aliphatic carbocycles. The van der Waals surface area contributed by atoms with Gasteiger partial charge in [-0.1, -0.05) is 11.6 Å². The number of nitrogens with one attached hydrogen (secondary N) is 1. The first-order chi connectivity index (χ1) is 8.56. The zero-order valence-electron chi connectivity index (χ0n) is 10.4. The van der Waals surface area contributed by atoms with Crippen LogP contribution in [0.15, 0.2) is 11.0 Å². The van der Waals surface area contributed by atoms with Crippen LogP contribution in [0.3, 0.4) is 0 Å². The highest BCUT2D eigenvalue weighted by Crippen LogP contribution is 2.21. The summed E-state index contributed by atoms with van der Waals surface area (Å²) in [4.78, 5) is 11.6. The summed E-state index contributed by atoms with van der Waals surface area (Å²) in [5.74, 6) is 0. The molecule has 1 aromatic heterocycles. The van der Waals surface area contributed by atoms with Crippen molar-refractivity contribution in [3.63, 3.8) is 0 Å². The summed E-state index contributed by atoms with van der Waals surface area (Å²) in [6, 6.07) is 0. The molecule has 108 valence electrons. The molecule has 0 aromatic carbocycles. The Hall–Kier alpha value is -1.28. The molecule has 0 aliphatic heterocycles. The van der Waals surface area contributed by atoms with Crippen molar-refractivity contribution in [3.8, 4) is 0 Å². The van der Waals surface area contributed by atoms with Crippen LogP contribution in [-0.4, -0.2) is 28.0 Å². The Morgan fingerprint density at radius 2 is 2.05 bits per heavy atom. The normalized spacial score (nSPS) is 12.6. The molecule has 0 bridgehead atoms. The summed E-state index contributed by atoms with van der Waals surface area (Å²) in [7, 11) is 0. The van der Waals surface area contributed by atoms with Crippen LogP contribution < -0.4 is 16.6 Å². The van der Waals surface area contributed by atoms with E-state index in [2.05, 4.69) is 10.4 Å². The van der Waals surface area contributed by atoms with Crippen LogP contribution in [0.2, 0.25) is 5.02 Å². The second kappa shape index (κ2) is 5.38. The van der Waals surface area contributed by atoms with Crippen LogP contribution in [0.5, 0.6) is 0 Å². The Bertz CT molecular complexity index is 512.